The summed E-state index contributed by atoms with van der Waals surface area (Å²) in [5.74, 6) is 1.06. The van der Waals surface area contributed by atoms with Crippen molar-refractivity contribution >= 4 is 34.0 Å². The molecule has 0 bridgehead atoms. The van der Waals surface area contributed by atoms with E-state index in [1.165, 1.54) is 0 Å². The Hall–Kier alpha value is -2.21. The Kier molecular flexibility index (Phi) is 3.24. The van der Waals surface area contributed by atoms with Gasteiger partial charge in [-0.15, -0.1) is 11.3 Å². The van der Waals surface area contributed by atoms with Crippen LogP contribution < -0.4 is 11.1 Å². The molecule has 19 heavy (non-hydrogen) atoms. The van der Waals surface area contributed by atoms with Crippen LogP contribution in [0.2, 0.25) is 0 Å². The molecule has 3 aromatic rings. The molecule has 6 heteroatoms. The number of rotatable bonds is 4. The maximum absolute atomic E-state index is 5.90. The predicted molar refractivity (Wildman–Crippen MR) is 78.3 cm³/mol. The Morgan fingerprint density at radius 1 is 1.16 bits per heavy atom. The highest BCUT2D eigenvalue weighted by molar-refractivity contribution is 7.09. The molecular weight excluding hydrogens is 258 g/mol. The second kappa shape index (κ2) is 5.19. The van der Waals surface area contributed by atoms with E-state index < -0.39 is 0 Å². The smallest absolute Gasteiger partial charge is 0.169 e. The summed E-state index contributed by atoms with van der Waals surface area (Å²) in [6.07, 6.45) is 2.66. The van der Waals surface area contributed by atoms with Crippen LogP contribution in [0, 0.1) is 0 Å². The van der Waals surface area contributed by atoms with Crippen LogP contribution in [0.15, 0.2) is 35.8 Å². The van der Waals surface area contributed by atoms with Crippen LogP contribution in [0.3, 0.4) is 0 Å². The first kappa shape index (κ1) is 11.9. The fourth-order valence-corrected chi connectivity index (χ4v) is 2.43. The zero-order valence-electron chi connectivity index (χ0n) is 10.2. The van der Waals surface area contributed by atoms with Gasteiger partial charge in [-0.3, -0.25) is 0 Å². The average Bonchev–Trinajstić information content (AvgIpc) is 2.92. The molecular formula is C13H13N5S. The number of anilines is 2. The fraction of sp³-hybridized carbons (Fsp3) is 0.154. The first-order valence-electron chi connectivity index (χ1n) is 5.97. The maximum atomic E-state index is 5.90. The third-order valence-corrected chi connectivity index (χ3v) is 3.55. The van der Waals surface area contributed by atoms with Gasteiger partial charge in [0, 0.05) is 24.5 Å². The van der Waals surface area contributed by atoms with Crippen LogP contribution in [0.1, 0.15) is 5.01 Å². The van der Waals surface area contributed by atoms with Gasteiger partial charge in [0.1, 0.15) is 0 Å². The molecule has 3 rings (SSSR count). The number of thiazole rings is 1. The standard InChI is InChI=1S/C13H13N5S/c14-12-13(16-6-5-11-15-7-8-19-11)18-10-4-2-1-3-9(10)17-12/h1-4,7-8H,5-6H2,(H2,14,17)(H,16,18). The van der Waals surface area contributed by atoms with Crippen LogP contribution >= 0.6 is 11.3 Å². The van der Waals surface area contributed by atoms with E-state index in [0.717, 1.165) is 29.0 Å². The maximum Gasteiger partial charge on any atom is 0.169 e. The summed E-state index contributed by atoms with van der Waals surface area (Å²) in [5.41, 5.74) is 7.55. The van der Waals surface area contributed by atoms with Gasteiger partial charge < -0.3 is 11.1 Å². The van der Waals surface area contributed by atoms with Crippen LogP contribution in [-0.2, 0) is 6.42 Å². The van der Waals surface area contributed by atoms with E-state index in [1.54, 1.807) is 11.3 Å². The van der Waals surface area contributed by atoms with E-state index >= 15 is 0 Å². The molecule has 0 atom stereocenters. The second-order valence-electron chi connectivity index (χ2n) is 4.05. The molecule has 0 aliphatic carbocycles. The predicted octanol–water partition coefficient (Wildman–Crippen LogP) is 2.32. The molecule has 0 aliphatic rings. The monoisotopic (exact) mass is 271 g/mol. The Labute approximate surface area is 114 Å². The van der Waals surface area contributed by atoms with Gasteiger partial charge in [-0.25, -0.2) is 15.0 Å². The molecule has 2 aromatic heterocycles. The van der Waals surface area contributed by atoms with Gasteiger partial charge in [0.25, 0.3) is 0 Å². The SMILES string of the molecule is Nc1nc2ccccc2nc1NCCc1nccs1. The zero-order valence-corrected chi connectivity index (χ0v) is 11.0. The number of benzene rings is 1. The highest BCUT2D eigenvalue weighted by Crippen LogP contribution is 2.18. The summed E-state index contributed by atoms with van der Waals surface area (Å²) < 4.78 is 0. The van der Waals surface area contributed by atoms with Crippen molar-refractivity contribution < 1.29 is 0 Å². The van der Waals surface area contributed by atoms with Gasteiger partial charge in [0.05, 0.1) is 16.0 Å². The summed E-state index contributed by atoms with van der Waals surface area (Å²) in [7, 11) is 0. The number of hydrogen-bond acceptors (Lipinski definition) is 6. The van der Waals surface area contributed by atoms with Gasteiger partial charge in [-0.2, -0.15) is 0 Å². The molecule has 2 heterocycles. The normalized spacial score (nSPS) is 10.7. The number of nitrogen functional groups attached to an aromatic ring is 1. The van der Waals surface area contributed by atoms with Crippen molar-refractivity contribution in [2.75, 3.05) is 17.6 Å². The van der Waals surface area contributed by atoms with E-state index in [1.807, 2.05) is 35.8 Å². The highest BCUT2D eigenvalue weighted by Gasteiger charge is 2.05. The van der Waals surface area contributed by atoms with Gasteiger partial charge in [-0.05, 0) is 12.1 Å². The molecule has 0 spiro atoms. The lowest BCUT2D eigenvalue weighted by Gasteiger charge is -2.08. The first-order valence-corrected chi connectivity index (χ1v) is 6.85. The van der Waals surface area contributed by atoms with Crippen molar-refractivity contribution in [1.29, 1.82) is 0 Å². The highest BCUT2D eigenvalue weighted by atomic mass is 32.1. The Bertz CT molecular complexity index is 681. The third kappa shape index (κ3) is 2.63. The van der Waals surface area contributed by atoms with Crippen molar-refractivity contribution in [3.63, 3.8) is 0 Å². The quantitative estimate of drug-likeness (QED) is 0.761. The minimum absolute atomic E-state index is 0.429. The number of para-hydroxylation sites is 2. The minimum atomic E-state index is 0.429. The number of aromatic nitrogens is 3. The zero-order chi connectivity index (χ0) is 13.1. The molecule has 3 N–H and O–H groups in total. The molecule has 0 saturated heterocycles. The van der Waals surface area contributed by atoms with Gasteiger partial charge >= 0.3 is 0 Å². The number of nitrogens with two attached hydrogens (primary N) is 1. The largest absolute Gasteiger partial charge is 0.381 e. The summed E-state index contributed by atoms with van der Waals surface area (Å²) in [4.78, 5) is 13.0. The Morgan fingerprint density at radius 3 is 2.68 bits per heavy atom. The molecule has 1 aromatic carbocycles. The second-order valence-corrected chi connectivity index (χ2v) is 5.03. The van der Waals surface area contributed by atoms with Gasteiger partial charge in [0.2, 0.25) is 0 Å². The number of nitrogens with one attached hydrogen (secondary N) is 1. The summed E-state index contributed by atoms with van der Waals surface area (Å²) in [6.45, 7) is 0.741. The molecule has 0 unspecified atom stereocenters. The van der Waals surface area contributed by atoms with E-state index in [9.17, 15) is 0 Å². The number of nitrogens with zero attached hydrogens (tertiary/aromatic N) is 3. The summed E-state index contributed by atoms with van der Waals surface area (Å²) >= 11 is 1.65. The number of hydrogen-bond donors (Lipinski definition) is 2. The molecule has 0 fully saturated rings. The van der Waals surface area contributed by atoms with Gasteiger partial charge in [0.15, 0.2) is 11.6 Å². The van der Waals surface area contributed by atoms with Crippen molar-refractivity contribution in [3.8, 4) is 0 Å². The van der Waals surface area contributed by atoms with Crippen LogP contribution in [0.4, 0.5) is 11.6 Å². The molecule has 0 radical (unpaired) electrons. The lowest BCUT2D eigenvalue weighted by molar-refractivity contribution is 0.988. The average molecular weight is 271 g/mol. The van der Waals surface area contributed by atoms with Crippen LogP contribution in [0.25, 0.3) is 11.0 Å². The van der Waals surface area contributed by atoms with Gasteiger partial charge in [-0.1, -0.05) is 12.1 Å². The van der Waals surface area contributed by atoms with Crippen molar-refractivity contribution in [3.05, 3.63) is 40.8 Å². The van der Waals surface area contributed by atoms with Crippen LogP contribution in [0.5, 0.6) is 0 Å². The minimum Gasteiger partial charge on any atom is -0.381 e. The van der Waals surface area contributed by atoms with E-state index in [0.29, 0.717) is 11.6 Å². The summed E-state index contributed by atoms with van der Waals surface area (Å²) in [6, 6.07) is 7.68. The fourth-order valence-electron chi connectivity index (χ4n) is 1.81. The lowest BCUT2D eigenvalue weighted by Crippen LogP contribution is -2.09. The van der Waals surface area contributed by atoms with E-state index in [4.69, 9.17) is 5.73 Å². The number of fused-ring (bicyclic) bond motifs is 1. The third-order valence-electron chi connectivity index (χ3n) is 2.71. The topological polar surface area (TPSA) is 76.7 Å². The van der Waals surface area contributed by atoms with Crippen LogP contribution in [-0.4, -0.2) is 21.5 Å². The van der Waals surface area contributed by atoms with Crippen molar-refractivity contribution in [2.24, 2.45) is 0 Å². The Balaban J connectivity index is 1.75. The Morgan fingerprint density at radius 2 is 1.95 bits per heavy atom. The molecule has 0 aliphatic heterocycles. The lowest BCUT2D eigenvalue weighted by atomic mass is 10.3. The van der Waals surface area contributed by atoms with E-state index in [2.05, 4.69) is 20.3 Å². The molecule has 96 valence electrons. The van der Waals surface area contributed by atoms with Crippen molar-refractivity contribution in [1.82, 2.24) is 15.0 Å². The first-order chi connectivity index (χ1) is 9.33. The summed E-state index contributed by atoms with van der Waals surface area (Å²) in [5, 5.41) is 6.28. The molecule has 0 saturated carbocycles. The van der Waals surface area contributed by atoms with Crippen molar-refractivity contribution in [2.45, 2.75) is 6.42 Å². The molecule has 0 amide bonds. The molecule has 5 nitrogen and oxygen atoms in total. The van der Waals surface area contributed by atoms with E-state index in [-0.39, 0.29) is 0 Å².